The van der Waals surface area contributed by atoms with Gasteiger partial charge in [-0.15, -0.1) is 0 Å². The van der Waals surface area contributed by atoms with Crippen molar-refractivity contribution < 1.29 is 27.5 Å². The molecule has 35 heavy (non-hydrogen) atoms. The normalized spacial score (nSPS) is 23.9. The number of aromatic nitrogens is 2. The molecule has 3 heterocycles. The molecule has 1 N–H and O–H groups in total. The maximum atomic E-state index is 14.2. The maximum absolute atomic E-state index is 14.2. The van der Waals surface area contributed by atoms with E-state index in [2.05, 4.69) is 19.6 Å². The molecule has 9 nitrogen and oxygen atoms in total. The third kappa shape index (κ3) is 5.05. The molecule has 0 spiro atoms. The lowest BCUT2D eigenvalue weighted by molar-refractivity contribution is -0.0138. The Bertz CT molecular complexity index is 1390. The molecule has 0 amide bonds. The Balaban J connectivity index is 1.46. The first-order valence-electron chi connectivity index (χ1n) is 10.8. The number of methoxy groups -OCH3 is 1. The molecule has 0 aliphatic carbocycles. The van der Waals surface area contributed by atoms with E-state index in [-0.39, 0.29) is 30.7 Å². The van der Waals surface area contributed by atoms with Crippen LogP contribution in [-0.2, 0) is 23.9 Å². The fourth-order valence-electron chi connectivity index (χ4n) is 4.25. The van der Waals surface area contributed by atoms with E-state index in [0.29, 0.717) is 39.7 Å². The lowest BCUT2D eigenvalue weighted by atomic mass is 10.1. The second-order valence-corrected chi connectivity index (χ2v) is 11.6. The molecule has 3 aromatic rings. The van der Waals surface area contributed by atoms with Crippen LogP contribution >= 0.6 is 11.6 Å². The average molecular weight is 523 g/mol. The predicted octanol–water partition coefficient (Wildman–Crippen LogP) is 4.09. The van der Waals surface area contributed by atoms with Crippen LogP contribution in [-0.4, -0.2) is 71.4 Å². The summed E-state index contributed by atoms with van der Waals surface area (Å²) in [6.45, 7) is 0.697. The molecule has 186 valence electrons. The van der Waals surface area contributed by atoms with E-state index >= 15 is 0 Å². The molecule has 2 saturated heterocycles. The molecule has 2 aliphatic rings. The first-order chi connectivity index (χ1) is 16.7. The topological polar surface area (TPSA) is 104 Å². The Morgan fingerprint density at radius 1 is 1.14 bits per heavy atom. The highest BCUT2D eigenvalue weighted by molar-refractivity contribution is 7.92. The Labute approximate surface area is 207 Å². The van der Waals surface area contributed by atoms with Crippen LogP contribution in [0.4, 0.5) is 21.6 Å². The lowest BCUT2D eigenvalue weighted by Gasteiger charge is -2.21. The fraction of sp³-hybridized carbons (Fsp3) is 0.391. The molecule has 0 saturated carbocycles. The predicted molar refractivity (Wildman–Crippen MR) is 131 cm³/mol. The van der Waals surface area contributed by atoms with Gasteiger partial charge < -0.3 is 24.3 Å². The zero-order chi connectivity index (χ0) is 24.7. The maximum Gasteiger partial charge on any atom is 0.151 e. The van der Waals surface area contributed by atoms with Crippen molar-refractivity contribution in [2.45, 2.75) is 24.4 Å². The first-order valence-corrected chi connectivity index (χ1v) is 13.5. The zero-order valence-electron chi connectivity index (χ0n) is 19.2. The van der Waals surface area contributed by atoms with Gasteiger partial charge in [-0.3, -0.25) is 0 Å². The quantitative estimate of drug-likeness (QED) is 0.516. The van der Waals surface area contributed by atoms with Crippen molar-refractivity contribution in [2.24, 2.45) is 4.36 Å². The van der Waals surface area contributed by atoms with Gasteiger partial charge in [0, 0.05) is 35.4 Å². The second-order valence-electron chi connectivity index (χ2n) is 8.61. The standard InChI is InChI=1S/C23H24ClFN4O5S/c1-31-18-9-32-22-19(10-33-21(18)22)34-17-6-12(25)4-5-15(17)28-23-20-14(24)7-13(29-35(2,3)30)8-16(20)26-11-27-23/h4-8,11,18-19,21-22H,9-10H2,1-3H3,(H,26,27,28)/t18-,19-,21-,22-/m1/s1. The summed E-state index contributed by atoms with van der Waals surface area (Å²) in [7, 11) is -0.767. The highest BCUT2D eigenvalue weighted by Gasteiger charge is 2.49. The molecule has 0 bridgehead atoms. The molecule has 2 aromatic carbocycles. The Morgan fingerprint density at radius 3 is 2.63 bits per heavy atom. The molecule has 12 heteroatoms. The van der Waals surface area contributed by atoms with Gasteiger partial charge in [0.2, 0.25) is 0 Å². The van der Waals surface area contributed by atoms with Gasteiger partial charge in [0.25, 0.3) is 0 Å². The molecule has 1 aromatic heterocycles. The van der Waals surface area contributed by atoms with Crippen LogP contribution in [0.25, 0.3) is 10.9 Å². The SMILES string of the molecule is CO[C@@H]1CO[C@H]2[C@@H]1OC[C@H]2Oc1cc(F)ccc1Nc1ncnc2cc(N=S(C)(C)=O)cc(Cl)c12. The van der Waals surface area contributed by atoms with Gasteiger partial charge in [0.05, 0.1) is 40.5 Å². The van der Waals surface area contributed by atoms with Crippen LogP contribution < -0.4 is 10.1 Å². The Morgan fingerprint density at radius 2 is 1.89 bits per heavy atom. The molecule has 0 radical (unpaired) electrons. The van der Waals surface area contributed by atoms with Gasteiger partial charge >= 0.3 is 0 Å². The van der Waals surface area contributed by atoms with Crippen molar-refractivity contribution >= 4 is 49.4 Å². The minimum absolute atomic E-state index is 0.168. The van der Waals surface area contributed by atoms with Gasteiger partial charge in [-0.25, -0.2) is 18.6 Å². The number of anilines is 2. The smallest absolute Gasteiger partial charge is 0.151 e. The third-order valence-electron chi connectivity index (χ3n) is 5.74. The van der Waals surface area contributed by atoms with Crippen LogP contribution in [0.3, 0.4) is 0 Å². The third-order valence-corrected chi connectivity index (χ3v) is 6.69. The number of fused-ring (bicyclic) bond motifs is 2. The van der Waals surface area contributed by atoms with Crippen molar-refractivity contribution in [3.63, 3.8) is 0 Å². The monoisotopic (exact) mass is 522 g/mol. The van der Waals surface area contributed by atoms with E-state index in [1.807, 2.05) is 0 Å². The Hall–Kier alpha value is -2.57. The second kappa shape index (κ2) is 9.47. The fourth-order valence-corrected chi connectivity index (χ4v) is 5.16. The Kier molecular flexibility index (Phi) is 6.53. The number of nitrogens with zero attached hydrogens (tertiary/aromatic N) is 3. The highest BCUT2D eigenvalue weighted by atomic mass is 35.5. The summed E-state index contributed by atoms with van der Waals surface area (Å²) in [6.07, 6.45) is 3.29. The number of hydrogen-bond donors (Lipinski definition) is 1. The van der Waals surface area contributed by atoms with Gasteiger partial charge in [-0.2, -0.15) is 4.36 Å². The minimum Gasteiger partial charge on any atom is -0.483 e. The van der Waals surface area contributed by atoms with Crippen molar-refractivity contribution in [3.8, 4) is 5.75 Å². The van der Waals surface area contributed by atoms with Crippen LogP contribution in [0.1, 0.15) is 0 Å². The highest BCUT2D eigenvalue weighted by Crippen LogP contribution is 2.38. The molecule has 2 aliphatic heterocycles. The lowest BCUT2D eigenvalue weighted by Crippen LogP contribution is -2.35. The van der Waals surface area contributed by atoms with E-state index in [9.17, 15) is 8.60 Å². The van der Waals surface area contributed by atoms with Crippen molar-refractivity contribution in [2.75, 3.05) is 38.2 Å². The van der Waals surface area contributed by atoms with Gasteiger partial charge in [-0.1, -0.05) is 11.6 Å². The van der Waals surface area contributed by atoms with Gasteiger partial charge in [0.1, 0.15) is 42.0 Å². The number of rotatable bonds is 6. The molecule has 2 fully saturated rings. The largest absolute Gasteiger partial charge is 0.483 e. The molecular formula is C23H24ClFN4O5S. The van der Waals surface area contributed by atoms with E-state index < -0.39 is 21.7 Å². The van der Waals surface area contributed by atoms with Crippen LogP contribution in [0.15, 0.2) is 41.0 Å². The van der Waals surface area contributed by atoms with Crippen molar-refractivity contribution in [1.82, 2.24) is 9.97 Å². The molecule has 5 rings (SSSR count). The number of ether oxygens (including phenoxy) is 4. The van der Waals surface area contributed by atoms with Gasteiger partial charge in [-0.05, 0) is 24.3 Å². The summed E-state index contributed by atoms with van der Waals surface area (Å²) in [6, 6.07) is 7.45. The summed E-state index contributed by atoms with van der Waals surface area (Å²) in [4.78, 5) is 8.61. The first kappa shape index (κ1) is 24.1. The summed E-state index contributed by atoms with van der Waals surface area (Å²) < 4.78 is 53.7. The number of nitrogens with one attached hydrogen (secondary N) is 1. The summed E-state index contributed by atoms with van der Waals surface area (Å²) in [5.41, 5.74) is 1.44. The summed E-state index contributed by atoms with van der Waals surface area (Å²) in [5.74, 6) is 0.214. The molecule has 0 unspecified atom stereocenters. The summed E-state index contributed by atoms with van der Waals surface area (Å²) in [5, 5.41) is 4.05. The van der Waals surface area contributed by atoms with E-state index in [0.717, 1.165) is 0 Å². The van der Waals surface area contributed by atoms with Gasteiger partial charge in [0.15, 0.2) is 6.10 Å². The van der Waals surface area contributed by atoms with Crippen LogP contribution in [0.5, 0.6) is 5.75 Å². The van der Waals surface area contributed by atoms with Crippen LogP contribution in [0.2, 0.25) is 5.02 Å². The number of benzene rings is 2. The minimum atomic E-state index is -2.38. The van der Waals surface area contributed by atoms with E-state index in [4.69, 9.17) is 30.5 Å². The molecular weight excluding hydrogens is 499 g/mol. The molecule has 4 atom stereocenters. The number of hydrogen-bond acceptors (Lipinski definition) is 9. The van der Waals surface area contributed by atoms with E-state index in [1.54, 1.807) is 25.3 Å². The van der Waals surface area contributed by atoms with Crippen LogP contribution in [0, 0.1) is 5.82 Å². The average Bonchev–Trinajstić information content (AvgIpc) is 3.37. The van der Waals surface area contributed by atoms with E-state index in [1.165, 1.54) is 31.0 Å². The van der Waals surface area contributed by atoms with Crippen molar-refractivity contribution in [3.05, 3.63) is 47.5 Å². The van der Waals surface area contributed by atoms with Crippen molar-refractivity contribution in [1.29, 1.82) is 0 Å². The number of halogens is 2. The zero-order valence-corrected chi connectivity index (χ0v) is 20.8. The summed E-state index contributed by atoms with van der Waals surface area (Å²) >= 11 is 6.54.